The molecule has 3 N–H and O–H groups in total. The number of para-hydroxylation sites is 1. The second-order valence-electron chi connectivity index (χ2n) is 3.88. The summed E-state index contributed by atoms with van der Waals surface area (Å²) in [6.45, 7) is 0. The molecule has 2 aromatic carbocycles. The van der Waals surface area contributed by atoms with E-state index in [1.54, 1.807) is 29.5 Å². The summed E-state index contributed by atoms with van der Waals surface area (Å²) >= 11 is 3.82. The van der Waals surface area contributed by atoms with Crippen molar-refractivity contribution in [2.45, 2.75) is 0 Å². The number of rotatable bonds is 1. The van der Waals surface area contributed by atoms with Gasteiger partial charge in [0.25, 0.3) is 0 Å². The van der Waals surface area contributed by atoms with Crippen molar-refractivity contribution in [3.63, 3.8) is 0 Å². The molecule has 1 heterocycles. The van der Waals surface area contributed by atoms with Gasteiger partial charge in [-0.2, -0.15) is 0 Å². The lowest BCUT2D eigenvalue weighted by Gasteiger charge is -2.01. The maximum atomic E-state index is 9.89. The summed E-state index contributed by atoms with van der Waals surface area (Å²) in [7, 11) is 0. The van der Waals surface area contributed by atoms with Crippen LogP contribution in [-0.2, 0) is 0 Å². The minimum atomic E-state index is 0.207. The molecule has 0 unspecified atom stereocenters. The Labute approximate surface area is 121 Å². The van der Waals surface area contributed by atoms with Crippen LogP contribution in [0, 0.1) is 3.57 Å². The van der Waals surface area contributed by atoms with Gasteiger partial charge in [-0.05, 0) is 52.9 Å². The normalized spacial score (nSPS) is 10.9. The average Bonchev–Trinajstić information content (AvgIpc) is 2.77. The first-order valence-corrected chi connectivity index (χ1v) is 7.18. The van der Waals surface area contributed by atoms with Gasteiger partial charge in [-0.15, -0.1) is 11.3 Å². The van der Waals surface area contributed by atoms with Gasteiger partial charge in [0, 0.05) is 9.26 Å². The predicted molar refractivity (Wildman–Crippen MR) is 83.9 cm³/mol. The van der Waals surface area contributed by atoms with E-state index in [9.17, 15) is 5.11 Å². The summed E-state index contributed by atoms with van der Waals surface area (Å²) in [5, 5.41) is 10.7. The standard InChI is InChI=1S/C13H9IN2OS/c14-9-2-1-3-11-12(9)16-13(18-11)8-6-7(15)4-5-10(8)17/h1-6,17H,15H2. The van der Waals surface area contributed by atoms with Crippen LogP contribution in [0.1, 0.15) is 0 Å². The van der Waals surface area contributed by atoms with Crippen LogP contribution in [0.25, 0.3) is 20.8 Å². The van der Waals surface area contributed by atoms with Crippen molar-refractivity contribution in [3.8, 4) is 16.3 Å². The Kier molecular flexibility index (Phi) is 2.87. The van der Waals surface area contributed by atoms with Crippen molar-refractivity contribution >= 4 is 49.8 Å². The molecule has 0 radical (unpaired) electrons. The fraction of sp³-hybridized carbons (Fsp3) is 0. The van der Waals surface area contributed by atoms with Crippen LogP contribution in [0.2, 0.25) is 0 Å². The number of nitrogens with zero attached hydrogens (tertiary/aromatic N) is 1. The van der Waals surface area contributed by atoms with Gasteiger partial charge in [-0.25, -0.2) is 4.98 Å². The third kappa shape index (κ3) is 1.93. The van der Waals surface area contributed by atoms with E-state index in [-0.39, 0.29) is 5.75 Å². The second-order valence-corrected chi connectivity index (χ2v) is 6.08. The molecule has 5 heteroatoms. The Balaban J connectivity index is 2.26. The van der Waals surface area contributed by atoms with Gasteiger partial charge >= 0.3 is 0 Å². The lowest BCUT2D eigenvalue weighted by molar-refractivity contribution is 0.477. The van der Waals surface area contributed by atoms with Crippen LogP contribution in [-0.4, -0.2) is 10.1 Å². The molecule has 90 valence electrons. The number of thiazole rings is 1. The zero-order valence-electron chi connectivity index (χ0n) is 9.22. The Morgan fingerprint density at radius 2 is 2.06 bits per heavy atom. The molecule has 0 aliphatic carbocycles. The Morgan fingerprint density at radius 1 is 1.22 bits per heavy atom. The number of phenolic OH excluding ortho intramolecular Hbond substituents is 1. The summed E-state index contributed by atoms with van der Waals surface area (Å²) < 4.78 is 2.22. The topological polar surface area (TPSA) is 59.1 Å². The summed E-state index contributed by atoms with van der Waals surface area (Å²) in [6, 6.07) is 11.1. The number of nitrogen functional groups attached to an aromatic ring is 1. The number of aromatic nitrogens is 1. The lowest BCUT2D eigenvalue weighted by atomic mass is 10.2. The van der Waals surface area contributed by atoms with E-state index in [2.05, 4.69) is 27.6 Å². The Bertz CT molecular complexity index is 739. The van der Waals surface area contributed by atoms with Gasteiger partial charge in [-0.1, -0.05) is 6.07 Å². The third-order valence-electron chi connectivity index (χ3n) is 2.62. The highest BCUT2D eigenvalue weighted by Crippen LogP contribution is 2.37. The number of hydrogen-bond donors (Lipinski definition) is 2. The highest BCUT2D eigenvalue weighted by Gasteiger charge is 2.12. The van der Waals surface area contributed by atoms with Gasteiger partial charge in [0.15, 0.2) is 0 Å². The molecule has 3 nitrogen and oxygen atoms in total. The van der Waals surface area contributed by atoms with Crippen LogP contribution in [0.15, 0.2) is 36.4 Å². The fourth-order valence-corrected chi connectivity index (χ4v) is 3.57. The molecule has 0 amide bonds. The van der Waals surface area contributed by atoms with Crippen LogP contribution in [0.5, 0.6) is 5.75 Å². The number of anilines is 1. The minimum Gasteiger partial charge on any atom is -0.507 e. The SMILES string of the molecule is Nc1ccc(O)c(-c2nc3c(I)cccc3s2)c1. The van der Waals surface area contributed by atoms with Gasteiger partial charge in [-0.3, -0.25) is 0 Å². The van der Waals surface area contributed by atoms with Gasteiger partial charge in [0.2, 0.25) is 0 Å². The molecule has 0 fully saturated rings. The van der Waals surface area contributed by atoms with E-state index in [1.807, 2.05) is 18.2 Å². The predicted octanol–water partition coefficient (Wildman–Crippen LogP) is 3.86. The first-order chi connectivity index (χ1) is 8.65. The van der Waals surface area contributed by atoms with E-state index in [0.717, 1.165) is 18.8 Å². The van der Waals surface area contributed by atoms with Crippen molar-refractivity contribution in [2.24, 2.45) is 0 Å². The Hall–Kier alpha value is -1.34. The van der Waals surface area contributed by atoms with E-state index in [4.69, 9.17) is 5.73 Å². The van der Waals surface area contributed by atoms with Crippen LogP contribution < -0.4 is 5.73 Å². The number of hydrogen-bond acceptors (Lipinski definition) is 4. The summed E-state index contributed by atoms with van der Waals surface area (Å²) in [4.78, 5) is 4.58. The molecule has 0 bridgehead atoms. The largest absolute Gasteiger partial charge is 0.507 e. The van der Waals surface area contributed by atoms with Crippen molar-refractivity contribution in [2.75, 3.05) is 5.73 Å². The van der Waals surface area contributed by atoms with Crippen molar-refractivity contribution < 1.29 is 5.11 Å². The van der Waals surface area contributed by atoms with Gasteiger partial charge in [0.05, 0.1) is 15.8 Å². The zero-order valence-corrected chi connectivity index (χ0v) is 12.2. The zero-order chi connectivity index (χ0) is 12.7. The van der Waals surface area contributed by atoms with Crippen molar-refractivity contribution in [3.05, 3.63) is 40.0 Å². The van der Waals surface area contributed by atoms with Crippen molar-refractivity contribution in [1.82, 2.24) is 4.98 Å². The number of benzene rings is 2. The second kappa shape index (κ2) is 4.40. The number of nitrogens with two attached hydrogens (primary N) is 1. The average molecular weight is 368 g/mol. The van der Waals surface area contributed by atoms with E-state index >= 15 is 0 Å². The van der Waals surface area contributed by atoms with Crippen LogP contribution >= 0.6 is 33.9 Å². The Morgan fingerprint density at radius 3 is 2.83 bits per heavy atom. The lowest BCUT2D eigenvalue weighted by Crippen LogP contribution is -1.85. The van der Waals surface area contributed by atoms with Crippen LogP contribution in [0.4, 0.5) is 5.69 Å². The molecule has 0 saturated heterocycles. The molecule has 0 spiro atoms. The minimum absolute atomic E-state index is 0.207. The molecule has 1 aromatic heterocycles. The molecule has 0 aliphatic heterocycles. The molecule has 3 aromatic rings. The summed E-state index contributed by atoms with van der Waals surface area (Å²) in [5.41, 5.74) is 8.03. The monoisotopic (exact) mass is 368 g/mol. The first kappa shape index (κ1) is 11.7. The number of fused-ring (bicyclic) bond motifs is 1. The van der Waals surface area contributed by atoms with Crippen molar-refractivity contribution in [1.29, 1.82) is 0 Å². The fourth-order valence-electron chi connectivity index (χ4n) is 1.76. The maximum absolute atomic E-state index is 9.89. The molecular weight excluding hydrogens is 359 g/mol. The third-order valence-corrected chi connectivity index (χ3v) is 4.55. The van der Waals surface area contributed by atoms with E-state index in [1.165, 1.54) is 0 Å². The molecule has 0 saturated carbocycles. The molecular formula is C13H9IN2OS. The molecule has 0 aliphatic rings. The first-order valence-electron chi connectivity index (χ1n) is 5.29. The molecule has 0 atom stereocenters. The maximum Gasteiger partial charge on any atom is 0.128 e. The summed E-state index contributed by atoms with van der Waals surface area (Å²) in [5.74, 6) is 0.207. The number of phenols is 1. The number of halogens is 1. The van der Waals surface area contributed by atoms with Crippen LogP contribution in [0.3, 0.4) is 0 Å². The van der Waals surface area contributed by atoms with Gasteiger partial charge < -0.3 is 10.8 Å². The highest BCUT2D eigenvalue weighted by atomic mass is 127. The molecule has 3 rings (SSSR count). The summed E-state index contributed by atoms with van der Waals surface area (Å²) in [6.07, 6.45) is 0. The van der Waals surface area contributed by atoms with E-state index in [0.29, 0.717) is 11.3 Å². The van der Waals surface area contributed by atoms with Gasteiger partial charge in [0.1, 0.15) is 10.8 Å². The van der Waals surface area contributed by atoms with E-state index < -0.39 is 0 Å². The highest BCUT2D eigenvalue weighted by molar-refractivity contribution is 14.1. The molecule has 18 heavy (non-hydrogen) atoms. The smallest absolute Gasteiger partial charge is 0.128 e. The quantitative estimate of drug-likeness (QED) is 0.390. The number of aromatic hydroxyl groups is 1.